The third-order valence-corrected chi connectivity index (χ3v) is 4.91. The number of nitrogens with one attached hydrogen (secondary N) is 1. The molecule has 0 radical (unpaired) electrons. The van der Waals surface area contributed by atoms with E-state index in [-0.39, 0.29) is 18.2 Å². The van der Waals surface area contributed by atoms with Crippen molar-refractivity contribution in [3.05, 3.63) is 71.8 Å². The molecule has 1 aliphatic rings. The third-order valence-electron chi connectivity index (χ3n) is 4.91. The quantitative estimate of drug-likeness (QED) is 0.775. The molecule has 1 N–H and O–H groups in total. The Morgan fingerprint density at radius 3 is 3.00 bits per heavy atom. The van der Waals surface area contributed by atoms with Crippen LogP contribution in [0.3, 0.4) is 0 Å². The van der Waals surface area contributed by atoms with Crippen molar-refractivity contribution in [3.8, 4) is 0 Å². The number of pyridine rings is 1. The molecule has 6 heteroatoms. The molecule has 0 bridgehead atoms. The van der Waals surface area contributed by atoms with Crippen LogP contribution in [-0.4, -0.2) is 28.7 Å². The van der Waals surface area contributed by atoms with Crippen LogP contribution in [0.25, 0.3) is 10.8 Å². The van der Waals surface area contributed by atoms with Gasteiger partial charge in [-0.3, -0.25) is 14.6 Å². The summed E-state index contributed by atoms with van der Waals surface area (Å²) >= 11 is 0. The van der Waals surface area contributed by atoms with E-state index >= 15 is 0 Å². The maximum Gasteiger partial charge on any atom is 0.230 e. The number of rotatable bonds is 3. The van der Waals surface area contributed by atoms with Crippen molar-refractivity contribution in [1.29, 1.82) is 0 Å². The molecule has 136 valence electrons. The smallest absolute Gasteiger partial charge is 0.230 e. The highest BCUT2D eigenvalue weighted by Crippen LogP contribution is 2.34. The zero-order valence-electron chi connectivity index (χ0n) is 14.8. The Morgan fingerprint density at radius 2 is 2.15 bits per heavy atom. The highest BCUT2D eigenvalue weighted by Gasteiger charge is 2.32. The minimum absolute atomic E-state index is 0.0130. The van der Waals surface area contributed by atoms with Crippen LogP contribution in [0.1, 0.15) is 23.5 Å². The van der Waals surface area contributed by atoms with E-state index in [1.807, 2.05) is 24.3 Å². The monoisotopic (exact) mass is 363 g/mol. The van der Waals surface area contributed by atoms with Gasteiger partial charge in [-0.2, -0.15) is 0 Å². The number of hydrogen-bond acceptors (Lipinski definition) is 3. The van der Waals surface area contributed by atoms with Crippen LogP contribution in [0.15, 0.2) is 54.9 Å². The summed E-state index contributed by atoms with van der Waals surface area (Å²) in [5, 5.41) is 4.73. The van der Waals surface area contributed by atoms with Crippen molar-refractivity contribution >= 4 is 28.3 Å². The lowest BCUT2D eigenvalue weighted by Crippen LogP contribution is -2.36. The molecule has 4 rings (SSSR count). The largest absolute Gasteiger partial charge is 0.341 e. The molecule has 2 aromatic carbocycles. The van der Waals surface area contributed by atoms with Crippen LogP contribution >= 0.6 is 0 Å². The number of benzene rings is 2. The summed E-state index contributed by atoms with van der Waals surface area (Å²) in [7, 11) is 1.70. The maximum absolute atomic E-state index is 13.7. The minimum atomic E-state index is -0.689. The second-order valence-corrected chi connectivity index (χ2v) is 6.74. The fourth-order valence-corrected chi connectivity index (χ4v) is 3.58. The van der Waals surface area contributed by atoms with Crippen molar-refractivity contribution in [3.63, 3.8) is 0 Å². The van der Waals surface area contributed by atoms with Crippen molar-refractivity contribution in [1.82, 2.24) is 9.88 Å². The first-order chi connectivity index (χ1) is 13.0. The SMILES string of the molecule is CN(Cc1cccc2cnccc12)C(=O)C1CC(=O)Nc2ccc(F)cc21. The summed E-state index contributed by atoms with van der Waals surface area (Å²) in [5.74, 6) is -1.56. The lowest BCUT2D eigenvalue weighted by Gasteiger charge is -2.29. The number of amides is 2. The Kier molecular flexibility index (Phi) is 4.32. The first kappa shape index (κ1) is 17.1. The Bertz CT molecular complexity index is 1050. The average molecular weight is 363 g/mol. The van der Waals surface area contributed by atoms with Gasteiger partial charge in [0.05, 0.1) is 5.92 Å². The summed E-state index contributed by atoms with van der Waals surface area (Å²) in [6.07, 6.45) is 3.52. The molecule has 1 aliphatic heterocycles. The Morgan fingerprint density at radius 1 is 1.30 bits per heavy atom. The minimum Gasteiger partial charge on any atom is -0.341 e. The topological polar surface area (TPSA) is 62.3 Å². The number of halogens is 1. The van der Waals surface area contributed by atoms with Crippen molar-refractivity contribution in [2.24, 2.45) is 0 Å². The lowest BCUT2D eigenvalue weighted by atomic mass is 9.89. The molecule has 0 saturated carbocycles. The van der Waals surface area contributed by atoms with Gasteiger partial charge in [-0.05, 0) is 40.8 Å². The van der Waals surface area contributed by atoms with Crippen molar-refractivity contribution in [2.75, 3.05) is 12.4 Å². The van der Waals surface area contributed by atoms with Crippen molar-refractivity contribution < 1.29 is 14.0 Å². The van der Waals surface area contributed by atoms with Crippen LogP contribution in [0.5, 0.6) is 0 Å². The van der Waals surface area contributed by atoms with E-state index in [1.54, 1.807) is 24.3 Å². The van der Waals surface area contributed by atoms with E-state index in [0.717, 1.165) is 16.3 Å². The first-order valence-electron chi connectivity index (χ1n) is 8.69. The lowest BCUT2D eigenvalue weighted by molar-refractivity contribution is -0.134. The molecule has 2 amide bonds. The standard InChI is InChI=1S/C21H18FN3O2/c1-25(12-14-4-2-3-13-11-23-8-7-16(13)14)21(27)18-10-20(26)24-19-6-5-15(22)9-17(18)19/h2-9,11,18H,10,12H2,1H3,(H,24,26). The van der Waals surface area contributed by atoms with E-state index in [2.05, 4.69) is 10.3 Å². The number of hydrogen-bond donors (Lipinski definition) is 1. The Hall–Kier alpha value is -3.28. The zero-order valence-corrected chi connectivity index (χ0v) is 14.8. The third kappa shape index (κ3) is 3.26. The zero-order chi connectivity index (χ0) is 19.0. The van der Waals surface area contributed by atoms with E-state index < -0.39 is 11.7 Å². The number of carbonyl (C=O) groups excluding carboxylic acids is 2. The highest BCUT2D eigenvalue weighted by atomic mass is 19.1. The fraction of sp³-hybridized carbons (Fsp3) is 0.190. The average Bonchev–Trinajstić information content (AvgIpc) is 2.67. The van der Waals surface area contributed by atoms with Gasteiger partial charge in [0.25, 0.3) is 0 Å². The summed E-state index contributed by atoms with van der Waals surface area (Å²) in [5.41, 5.74) is 2.01. The molecule has 0 saturated heterocycles. The second-order valence-electron chi connectivity index (χ2n) is 6.74. The van der Waals surface area contributed by atoms with Crippen LogP contribution in [0.2, 0.25) is 0 Å². The Labute approximate surface area is 155 Å². The van der Waals surface area contributed by atoms with Gasteiger partial charge >= 0.3 is 0 Å². The van der Waals surface area contributed by atoms with E-state index in [0.29, 0.717) is 17.8 Å². The fourth-order valence-electron chi connectivity index (χ4n) is 3.58. The number of fused-ring (bicyclic) bond motifs is 2. The summed E-state index contributed by atoms with van der Waals surface area (Å²) < 4.78 is 13.7. The van der Waals surface area contributed by atoms with Gasteiger partial charge in [0, 0.05) is 43.5 Å². The molecule has 27 heavy (non-hydrogen) atoms. The predicted molar refractivity (Wildman–Crippen MR) is 101 cm³/mol. The maximum atomic E-state index is 13.7. The molecular weight excluding hydrogens is 345 g/mol. The second kappa shape index (κ2) is 6.79. The van der Waals surface area contributed by atoms with Gasteiger partial charge in [0.1, 0.15) is 5.82 Å². The first-order valence-corrected chi connectivity index (χ1v) is 8.69. The molecule has 1 aromatic heterocycles. The molecule has 5 nitrogen and oxygen atoms in total. The van der Waals surface area contributed by atoms with E-state index in [4.69, 9.17) is 0 Å². The summed E-state index contributed by atoms with van der Waals surface area (Å²) in [6.45, 7) is 0.392. The molecule has 3 aromatic rings. The van der Waals surface area contributed by atoms with Gasteiger partial charge < -0.3 is 10.2 Å². The molecule has 0 aliphatic carbocycles. The number of nitrogens with zero attached hydrogens (tertiary/aromatic N) is 2. The van der Waals surface area contributed by atoms with Gasteiger partial charge in [0.15, 0.2) is 0 Å². The number of carbonyl (C=O) groups is 2. The summed E-state index contributed by atoms with van der Waals surface area (Å²) in [4.78, 5) is 30.8. The highest BCUT2D eigenvalue weighted by molar-refractivity contribution is 6.01. The molecule has 0 fully saturated rings. The van der Waals surface area contributed by atoms with Gasteiger partial charge in [0.2, 0.25) is 11.8 Å². The molecular formula is C21H18FN3O2. The number of aromatic nitrogens is 1. The number of likely N-dealkylation sites (N-methyl/N-ethyl adjacent to an activating group) is 1. The van der Waals surface area contributed by atoms with Gasteiger partial charge in [-0.15, -0.1) is 0 Å². The van der Waals surface area contributed by atoms with Crippen molar-refractivity contribution in [2.45, 2.75) is 18.9 Å². The van der Waals surface area contributed by atoms with Gasteiger partial charge in [-0.1, -0.05) is 18.2 Å². The summed E-state index contributed by atoms with van der Waals surface area (Å²) in [6, 6.07) is 11.9. The van der Waals surface area contributed by atoms with Crippen LogP contribution < -0.4 is 5.32 Å². The molecule has 2 heterocycles. The molecule has 1 unspecified atom stereocenters. The number of anilines is 1. The van der Waals surface area contributed by atoms with Crippen LogP contribution in [-0.2, 0) is 16.1 Å². The van der Waals surface area contributed by atoms with Crippen LogP contribution in [0, 0.1) is 5.82 Å². The van der Waals surface area contributed by atoms with E-state index in [1.165, 1.54) is 18.2 Å². The molecule has 0 spiro atoms. The van der Waals surface area contributed by atoms with Crippen LogP contribution in [0.4, 0.5) is 10.1 Å². The molecule has 1 atom stereocenters. The van der Waals surface area contributed by atoms with Gasteiger partial charge in [-0.25, -0.2) is 4.39 Å². The van der Waals surface area contributed by atoms with E-state index in [9.17, 15) is 14.0 Å². The Balaban J connectivity index is 1.63. The normalized spacial score (nSPS) is 15.9. The predicted octanol–water partition coefficient (Wildman–Crippen LogP) is 3.46.